The summed E-state index contributed by atoms with van der Waals surface area (Å²) in [6, 6.07) is -0.631. The lowest BCUT2D eigenvalue weighted by molar-refractivity contribution is -0.143. The monoisotopic (exact) mass is 1100 g/mol. The van der Waals surface area contributed by atoms with E-state index in [0.717, 1.165) is 44.9 Å². The predicted octanol–water partition coefficient (Wildman–Crippen LogP) is 22.7. The number of carbonyl (C=O) groups excluding carboxylic acids is 2. The van der Waals surface area contributed by atoms with Gasteiger partial charge in [0.1, 0.15) is 0 Å². The molecule has 0 aromatic carbocycles. The second-order valence-corrected chi connectivity index (χ2v) is 24.2. The van der Waals surface area contributed by atoms with Gasteiger partial charge in [0.2, 0.25) is 5.91 Å². The second-order valence-electron chi connectivity index (χ2n) is 24.2. The van der Waals surface area contributed by atoms with Gasteiger partial charge in [-0.3, -0.25) is 9.59 Å². The van der Waals surface area contributed by atoms with E-state index in [1.165, 1.54) is 315 Å². The van der Waals surface area contributed by atoms with Crippen molar-refractivity contribution < 1.29 is 24.5 Å². The number of allylic oxidation sites excluding steroid dienone is 5. The Hall–Kier alpha value is -1.92. The molecule has 0 heterocycles. The number of unbranched alkanes of at least 4 members (excludes halogenated alkanes) is 51. The molecule has 0 saturated heterocycles. The summed E-state index contributed by atoms with van der Waals surface area (Å²) in [4.78, 5) is 24.6. The smallest absolute Gasteiger partial charge is 0.305 e. The maximum absolute atomic E-state index is 12.5. The Kier molecular flexibility index (Phi) is 65.9. The predicted molar refractivity (Wildman–Crippen MR) is 343 cm³/mol. The van der Waals surface area contributed by atoms with E-state index in [4.69, 9.17) is 4.74 Å². The van der Waals surface area contributed by atoms with Gasteiger partial charge in [0, 0.05) is 12.8 Å². The van der Waals surface area contributed by atoms with Gasteiger partial charge in [-0.05, 0) is 64.2 Å². The molecule has 0 aliphatic heterocycles. The summed E-state index contributed by atoms with van der Waals surface area (Å²) in [5.74, 6) is -0.0538. The summed E-state index contributed by atoms with van der Waals surface area (Å²) in [5, 5.41) is 23.2. The average Bonchev–Trinajstić information content (AvgIpc) is 3.44. The van der Waals surface area contributed by atoms with Crippen LogP contribution < -0.4 is 5.32 Å². The lowest BCUT2D eigenvalue weighted by Crippen LogP contribution is -2.45. The molecule has 0 bridgehead atoms. The van der Waals surface area contributed by atoms with Gasteiger partial charge in [0.05, 0.1) is 25.4 Å². The van der Waals surface area contributed by atoms with Crippen molar-refractivity contribution in [2.75, 3.05) is 13.2 Å². The van der Waals surface area contributed by atoms with Gasteiger partial charge in [-0.15, -0.1) is 0 Å². The zero-order valence-corrected chi connectivity index (χ0v) is 52.7. The Labute approximate surface area is 487 Å². The summed E-state index contributed by atoms with van der Waals surface area (Å²) in [5.41, 5.74) is 0. The number of hydrogen-bond donors (Lipinski definition) is 3. The van der Waals surface area contributed by atoms with Crippen LogP contribution >= 0.6 is 0 Å². The highest BCUT2D eigenvalue weighted by Gasteiger charge is 2.18. The van der Waals surface area contributed by atoms with E-state index in [0.29, 0.717) is 19.4 Å². The van der Waals surface area contributed by atoms with Crippen molar-refractivity contribution in [1.82, 2.24) is 5.32 Å². The summed E-state index contributed by atoms with van der Waals surface area (Å²) < 4.78 is 5.50. The highest BCUT2D eigenvalue weighted by Crippen LogP contribution is 2.18. The van der Waals surface area contributed by atoms with Crippen molar-refractivity contribution in [2.45, 2.75) is 398 Å². The number of aliphatic hydroxyl groups excluding tert-OH is 2. The van der Waals surface area contributed by atoms with Gasteiger partial charge in [0.15, 0.2) is 0 Å². The molecule has 460 valence electrons. The van der Waals surface area contributed by atoms with Gasteiger partial charge >= 0.3 is 5.97 Å². The van der Waals surface area contributed by atoms with Crippen LogP contribution in [0, 0.1) is 0 Å². The first-order valence-corrected chi connectivity index (χ1v) is 35.3. The lowest BCUT2D eigenvalue weighted by atomic mass is 10.0. The molecule has 2 atom stereocenters. The first-order chi connectivity index (χ1) is 38.5. The van der Waals surface area contributed by atoms with Crippen LogP contribution in [0.2, 0.25) is 0 Å². The summed E-state index contributed by atoms with van der Waals surface area (Å²) in [6.45, 7) is 4.93. The Morgan fingerprint density at radius 1 is 0.359 bits per heavy atom. The van der Waals surface area contributed by atoms with Crippen LogP contribution in [0.25, 0.3) is 0 Å². The van der Waals surface area contributed by atoms with Crippen LogP contribution in [0.15, 0.2) is 36.5 Å². The molecular formula is C72H137NO5. The van der Waals surface area contributed by atoms with Gasteiger partial charge < -0.3 is 20.3 Å². The van der Waals surface area contributed by atoms with Gasteiger partial charge in [-0.25, -0.2) is 0 Å². The van der Waals surface area contributed by atoms with Crippen molar-refractivity contribution in [3.63, 3.8) is 0 Å². The van der Waals surface area contributed by atoms with Crippen molar-refractivity contribution >= 4 is 11.9 Å². The van der Waals surface area contributed by atoms with Crippen molar-refractivity contribution in [3.05, 3.63) is 36.5 Å². The Morgan fingerprint density at radius 2 is 0.641 bits per heavy atom. The quantitative estimate of drug-likeness (QED) is 0.0320. The number of carbonyl (C=O) groups is 2. The minimum Gasteiger partial charge on any atom is -0.466 e. The zero-order valence-electron chi connectivity index (χ0n) is 52.7. The molecule has 0 aromatic heterocycles. The molecule has 0 saturated carbocycles. The van der Waals surface area contributed by atoms with Gasteiger partial charge in [-0.1, -0.05) is 346 Å². The number of ether oxygens (including phenoxy) is 1. The molecule has 6 nitrogen and oxygen atoms in total. The van der Waals surface area contributed by atoms with Crippen molar-refractivity contribution in [3.8, 4) is 0 Å². The molecule has 0 aromatic rings. The van der Waals surface area contributed by atoms with Crippen LogP contribution in [0.4, 0.5) is 0 Å². The van der Waals surface area contributed by atoms with Gasteiger partial charge in [-0.2, -0.15) is 0 Å². The number of hydrogen-bond acceptors (Lipinski definition) is 5. The van der Waals surface area contributed by atoms with E-state index < -0.39 is 12.1 Å². The molecule has 0 radical (unpaired) electrons. The Balaban J connectivity index is 3.41. The minimum absolute atomic E-state index is 0.0151. The highest BCUT2D eigenvalue weighted by atomic mass is 16.5. The zero-order chi connectivity index (χ0) is 56.4. The number of rotatable bonds is 66. The molecule has 1 amide bonds. The Morgan fingerprint density at radius 3 is 0.974 bits per heavy atom. The van der Waals surface area contributed by atoms with E-state index >= 15 is 0 Å². The van der Waals surface area contributed by atoms with Crippen molar-refractivity contribution in [1.29, 1.82) is 0 Å². The third kappa shape index (κ3) is 63.3. The first-order valence-electron chi connectivity index (χ1n) is 35.3. The maximum atomic E-state index is 12.5. The average molecular weight is 1100 g/mol. The number of aliphatic hydroxyl groups is 2. The summed E-state index contributed by atoms with van der Waals surface area (Å²) in [6.07, 6.45) is 86.5. The fraction of sp³-hybridized carbons (Fsp3) is 0.889. The SMILES string of the molecule is CCCCCCCCCCCCCCCC/C=C/C(O)C(CO)NC(=O)CCCCCCCCCCCCC/C=C\C/C=C\CCCCCCCCCCCOC(=O)CCCCCCCCCCCCCCCCCCCC. The highest BCUT2D eigenvalue weighted by molar-refractivity contribution is 5.76. The fourth-order valence-corrected chi connectivity index (χ4v) is 11.0. The lowest BCUT2D eigenvalue weighted by Gasteiger charge is -2.20. The molecule has 2 unspecified atom stereocenters. The molecule has 0 aliphatic rings. The van der Waals surface area contributed by atoms with E-state index in [1.807, 2.05) is 6.08 Å². The van der Waals surface area contributed by atoms with Crippen LogP contribution in [0.3, 0.4) is 0 Å². The summed E-state index contributed by atoms with van der Waals surface area (Å²) in [7, 11) is 0. The molecule has 0 rings (SSSR count). The van der Waals surface area contributed by atoms with Crippen LogP contribution in [0.5, 0.6) is 0 Å². The largest absolute Gasteiger partial charge is 0.466 e. The fourth-order valence-electron chi connectivity index (χ4n) is 11.0. The number of amides is 1. The molecule has 0 spiro atoms. The van der Waals surface area contributed by atoms with Crippen molar-refractivity contribution in [2.24, 2.45) is 0 Å². The summed E-state index contributed by atoms with van der Waals surface area (Å²) >= 11 is 0. The van der Waals surface area contributed by atoms with E-state index in [2.05, 4.69) is 43.5 Å². The molecule has 78 heavy (non-hydrogen) atoms. The van der Waals surface area contributed by atoms with E-state index in [-0.39, 0.29) is 18.5 Å². The third-order valence-corrected chi connectivity index (χ3v) is 16.4. The minimum atomic E-state index is -0.847. The van der Waals surface area contributed by atoms with Crippen LogP contribution in [-0.4, -0.2) is 47.4 Å². The molecule has 0 aliphatic carbocycles. The topological polar surface area (TPSA) is 95.9 Å². The normalized spacial score (nSPS) is 12.7. The second kappa shape index (κ2) is 67.6. The maximum Gasteiger partial charge on any atom is 0.305 e. The van der Waals surface area contributed by atoms with E-state index in [9.17, 15) is 19.8 Å². The van der Waals surface area contributed by atoms with Gasteiger partial charge in [0.25, 0.3) is 0 Å². The van der Waals surface area contributed by atoms with Crippen LogP contribution in [0.1, 0.15) is 386 Å². The third-order valence-electron chi connectivity index (χ3n) is 16.4. The van der Waals surface area contributed by atoms with Crippen LogP contribution in [-0.2, 0) is 14.3 Å². The molecular weight excluding hydrogens is 959 g/mol. The standard InChI is InChI=1S/C72H137NO5/c1-3-5-7-9-11-13-15-17-19-21-34-38-42-46-50-54-58-62-66-72(77)78-67-63-59-55-51-47-43-39-35-32-30-28-26-24-22-23-25-27-29-31-33-37-41-45-49-53-57-61-65-71(76)73-69(68-74)70(75)64-60-56-52-48-44-40-36-20-18-16-14-12-10-8-6-4-2/h22-23,26,28,60,64,69-70,74-75H,3-21,24-25,27,29-59,61-63,65-68H2,1-2H3,(H,73,76)/b23-22-,28-26-,64-60+. The molecule has 3 N–H and O–H groups in total. The number of esters is 1. The first kappa shape index (κ1) is 76.1. The molecule has 0 fully saturated rings. The Bertz CT molecular complexity index is 1260. The number of nitrogens with one attached hydrogen (secondary N) is 1. The molecule has 6 heteroatoms. The van der Waals surface area contributed by atoms with E-state index in [1.54, 1.807) is 6.08 Å².